The standard InChI is InChI=1S/C30H26N6O2/c37-28-23-17-10-18-24(23)31-29(34-28)36-26(19-25(35-36)20-11-4-1-5-12-20)32-30(38)33-27(21-13-6-2-7-14-21)22-15-8-3-9-16-22/h1-9,11-16,19,27H,10,17-18H2,(H,31,34,37)(H2,32,33,38). The van der Waals surface area contributed by atoms with Crippen molar-refractivity contribution in [1.29, 1.82) is 0 Å². The number of benzene rings is 3. The summed E-state index contributed by atoms with van der Waals surface area (Å²) < 4.78 is 1.49. The maximum absolute atomic E-state index is 13.4. The number of anilines is 1. The first-order valence-electron chi connectivity index (χ1n) is 12.6. The Kier molecular flexibility index (Phi) is 6.27. The second kappa shape index (κ2) is 10.2. The zero-order chi connectivity index (χ0) is 25.9. The normalized spacial score (nSPS) is 12.3. The Bertz CT molecular complexity index is 1590. The summed E-state index contributed by atoms with van der Waals surface area (Å²) in [4.78, 5) is 33.7. The second-order valence-electron chi connectivity index (χ2n) is 9.21. The molecule has 0 saturated carbocycles. The lowest BCUT2D eigenvalue weighted by atomic mass is 9.99. The number of hydrogen-bond acceptors (Lipinski definition) is 4. The molecule has 2 heterocycles. The minimum Gasteiger partial charge on any atom is -0.327 e. The van der Waals surface area contributed by atoms with E-state index >= 15 is 0 Å². The van der Waals surface area contributed by atoms with E-state index in [2.05, 4.69) is 20.6 Å². The highest BCUT2D eigenvalue weighted by Gasteiger charge is 2.22. The lowest BCUT2D eigenvalue weighted by Crippen LogP contribution is -2.34. The van der Waals surface area contributed by atoms with Crippen molar-refractivity contribution in [3.8, 4) is 17.2 Å². The Morgan fingerprint density at radius 1 is 0.868 bits per heavy atom. The zero-order valence-electron chi connectivity index (χ0n) is 20.6. The lowest BCUT2D eigenvalue weighted by Gasteiger charge is -2.20. The molecule has 2 amide bonds. The van der Waals surface area contributed by atoms with Gasteiger partial charge < -0.3 is 5.32 Å². The van der Waals surface area contributed by atoms with Gasteiger partial charge in [0.25, 0.3) is 5.56 Å². The van der Waals surface area contributed by atoms with Crippen LogP contribution in [-0.2, 0) is 12.8 Å². The molecule has 3 N–H and O–H groups in total. The first-order chi connectivity index (χ1) is 18.7. The van der Waals surface area contributed by atoms with Crippen molar-refractivity contribution >= 4 is 11.8 Å². The molecule has 8 heteroatoms. The van der Waals surface area contributed by atoms with Crippen LogP contribution in [0.2, 0.25) is 0 Å². The van der Waals surface area contributed by atoms with Gasteiger partial charge in [0.05, 0.1) is 17.4 Å². The number of nitrogens with zero attached hydrogens (tertiary/aromatic N) is 3. The Balaban J connectivity index is 1.36. The van der Waals surface area contributed by atoms with E-state index in [0.29, 0.717) is 11.5 Å². The number of aromatic nitrogens is 4. The van der Waals surface area contributed by atoms with Gasteiger partial charge in [-0.1, -0.05) is 91.0 Å². The van der Waals surface area contributed by atoms with Gasteiger partial charge in [0, 0.05) is 17.2 Å². The van der Waals surface area contributed by atoms with E-state index < -0.39 is 6.03 Å². The molecule has 2 aromatic heterocycles. The van der Waals surface area contributed by atoms with E-state index in [1.54, 1.807) is 6.07 Å². The largest absolute Gasteiger partial charge is 0.327 e. The molecule has 0 atom stereocenters. The summed E-state index contributed by atoms with van der Waals surface area (Å²) in [5.41, 5.74) is 4.78. The number of carbonyl (C=O) groups excluding carboxylic acids is 1. The third kappa shape index (κ3) is 4.71. The Labute approximate surface area is 219 Å². The van der Waals surface area contributed by atoms with E-state index in [0.717, 1.165) is 47.2 Å². The highest BCUT2D eigenvalue weighted by Crippen LogP contribution is 2.26. The van der Waals surface area contributed by atoms with Crippen LogP contribution in [0.15, 0.2) is 102 Å². The number of aromatic amines is 1. The quantitative estimate of drug-likeness (QED) is 0.303. The summed E-state index contributed by atoms with van der Waals surface area (Å²) in [5, 5.41) is 10.7. The predicted molar refractivity (Wildman–Crippen MR) is 146 cm³/mol. The van der Waals surface area contributed by atoms with Crippen LogP contribution in [0.3, 0.4) is 0 Å². The first kappa shape index (κ1) is 23.4. The molecule has 0 saturated heterocycles. The van der Waals surface area contributed by atoms with Crippen LogP contribution in [0.25, 0.3) is 17.2 Å². The van der Waals surface area contributed by atoms with Crippen LogP contribution in [-0.4, -0.2) is 25.8 Å². The van der Waals surface area contributed by atoms with Crippen molar-refractivity contribution in [2.75, 3.05) is 5.32 Å². The minimum absolute atomic E-state index is 0.164. The third-order valence-corrected chi connectivity index (χ3v) is 6.69. The number of H-pyrrole nitrogens is 1. The number of rotatable bonds is 6. The molecule has 3 aromatic carbocycles. The molecule has 38 heavy (non-hydrogen) atoms. The predicted octanol–water partition coefficient (Wildman–Crippen LogP) is 5.02. The summed E-state index contributed by atoms with van der Waals surface area (Å²) >= 11 is 0. The number of hydrogen-bond donors (Lipinski definition) is 3. The SMILES string of the molecule is O=C(Nc1cc(-c2ccccc2)nn1-c1nc2c(c(=O)[nH]1)CCC2)NC(c1ccccc1)c1ccccc1. The summed E-state index contributed by atoms with van der Waals surface area (Å²) in [5.74, 6) is 0.665. The smallest absolute Gasteiger partial charge is 0.321 e. The zero-order valence-corrected chi connectivity index (χ0v) is 20.6. The van der Waals surface area contributed by atoms with Crippen LogP contribution in [0.5, 0.6) is 0 Å². The minimum atomic E-state index is -0.410. The molecule has 188 valence electrons. The molecule has 1 aliphatic rings. The topological polar surface area (TPSA) is 105 Å². The van der Waals surface area contributed by atoms with Gasteiger partial charge in [-0.3, -0.25) is 15.1 Å². The molecule has 1 aliphatic carbocycles. The highest BCUT2D eigenvalue weighted by atomic mass is 16.2. The van der Waals surface area contributed by atoms with E-state index in [1.165, 1.54) is 4.68 Å². The van der Waals surface area contributed by atoms with Crippen molar-refractivity contribution in [2.24, 2.45) is 0 Å². The molecule has 0 unspecified atom stereocenters. The molecule has 0 bridgehead atoms. The summed E-state index contributed by atoms with van der Waals surface area (Å²) in [6, 6.07) is 30.3. The van der Waals surface area contributed by atoms with E-state index in [-0.39, 0.29) is 17.5 Å². The van der Waals surface area contributed by atoms with Crippen molar-refractivity contribution < 1.29 is 4.79 Å². The molecular weight excluding hydrogens is 476 g/mol. The van der Waals surface area contributed by atoms with Crippen LogP contribution in [0.4, 0.5) is 10.6 Å². The Hall–Kier alpha value is -4.98. The van der Waals surface area contributed by atoms with Gasteiger partial charge in [0.2, 0.25) is 5.95 Å². The average molecular weight is 503 g/mol. The number of fused-ring (bicyclic) bond motifs is 1. The van der Waals surface area contributed by atoms with E-state index in [1.807, 2.05) is 91.0 Å². The molecule has 8 nitrogen and oxygen atoms in total. The molecule has 0 aliphatic heterocycles. The van der Waals surface area contributed by atoms with Gasteiger partial charge in [-0.2, -0.15) is 9.78 Å². The highest BCUT2D eigenvalue weighted by molar-refractivity contribution is 5.90. The molecule has 0 spiro atoms. The van der Waals surface area contributed by atoms with E-state index in [4.69, 9.17) is 5.10 Å². The fourth-order valence-electron chi connectivity index (χ4n) is 4.84. The maximum Gasteiger partial charge on any atom is 0.321 e. The second-order valence-corrected chi connectivity index (χ2v) is 9.21. The molecular formula is C30H26N6O2. The molecule has 0 fully saturated rings. The van der Waals surface area contributed by atoms with Gasteiger partial charge in [0.15, 0.2) is 0 Å². The number of urea groups is 1. The summed E-state index contributed by atoms with van der Waals surface area (Å²) in [6.07, 6.45) is 2.37. The fourth-order valence-corrected chi connectivity index (χ4v) is 4.84. The van der Waals surface area contributed by atoms with Crippen LogP contribution < -0.4 is 16.2 Å². The summed E-state index contributed by atoms with van der Waals surface area (Å²) in [6.45, 7) is 0. The van der Waals surface area contributed by atoms with Gasteiger partial charge in [-0.05, 0) is 30.4 Å². The number of amides is 2. The van der Waals surface area contributed by atoms with Crippen LogP contribution >= 0.6 is 0 Å². The van der Waals surface area contributed by atoms with Gasteiger partial charge in [-0.25, -0.2) is 9.78 Å². The van der Waals surface area contributed by atoms with Crippen LogP contribution in [0.1, 0.15) is 34.8 Å². The van der Waals surface area contributed by atoms with Gasteiger partial charge >= 0.3 is 6.03 Å². The average Bonchev–Trinajstić information content (AvgIpc) is 3.61. The fraction of sp³-hybridized carbons (Fsp3) is 0.133. The molecule has 0 radical (unpaired) electrons. The Morgan fingerprint density at radius 2 is 1.50 bits per heavy atom. The van der Waals surface area contributed by atoms with E-state index in [9.17, 15) is 9.59 Å². The maximum atomic E-state index is 13.4. The van der Waals surface area contributed by atoms with Crippen molar-refractivity contribution in [3.63, 3.8) is 0 Å². The Morgan fingerprint density at radius 3 is 2.16 bits per heavy atom. The number of aryl methyl sites for hydroxylation is 1. The number of nitrogens with one attached hydrogen (secondary N) is 3. The summed E-state index contributed by atoms with van der Waals surface area (Å²) in [7, 11) is 0. The van der Waals surface area contributed by atoms with Gasteiger partial charge in [-0.15, -0.1) is 0 Å². The van der Waals surface area contributed by atoms with Crippen molar-refractivity contribution in [3.05, 3.63) is 130 Å². The first-order valence-corrected chi connectivity index (χ1v) is 12.6. The lowest BCUT2D eigenvalue weighted by molar-refractivity contribution is 0.250. The molecule has 5 aromatic rings. The van der Waals surface area contributed by atoms with Gasteiger partial charge in [0.1, 0.15) is 5.82 Å². The van der Waals surface area contributed by atoms with Crippen LogP contribution in [0, 0.1) is 0 Å². The third-order valence-electron chi connectivity index (χ3n) is 6.69. The molecule has 6 rings (SSSR count). The van der Waals surface area contributed by atoms with Crippen molar-refractivity contribution in [2.45, 2.75) is 25.3 Å². The number of carbonyl (C=O) groups is 1. The van der Waals surface area contributed by atoms with Crippen molar-refractivity contribution in [1.82, 2.24) is 25.1 Å². The monoisotopic (exact) mass is 502 g/mol.